The Labute approximate surface area is 213 Å². The first kappa shape index (κ1) is 28.1. The predicted octanol–water partition coefficient (Wildman–Crippen LogP) is 4.90. The standard InChI is InChI=1S/C27H30F4N4O2/c1-16(23(34)36)17-4-6-18(7-5-17)19-8-10-20(11-9-19)22(27(29,30)31)35(26(15-32)12-13-26)24(37)21(33)14-25(2,3)28/h4-11,16,21-22H,12-14,33H2,1-3H3,(H2,34,36)/t16-,21+,22+/m1/s1. The van der Waals surface area contributed by atoms with E-state index in [4.69, 9.17) is 11.5 Å². The van der Waals surface area contributed by atoms with E-state index >= 15 is 0 Å². The Hall–Kier alpha value is -3.45. The van der Waals surface area contributed by atoms with Gasteiger partial charge in [-0.2, -0.15) is 18.4 Å². The first-order chi connectivity index (χ1) is 17.1. The van der Waals surface area contributed by atoms with Gasteiger partial charge in [0.1, 0.15) is 11.2 Å². The zero-order chi connectivity index (χ0) is 27.8. The van der Waals surface area contributed by atoms with Crippen LogP contribution in [0.2, 0.25) is 0 Å². The molecule has 0 aliphatic heterocycles. The van der Waals surface area contributed by atoms with Crippen LogP contribution in [-0.4, -0.2) is 40.1 Å². The van der Waals surface area contributed by atoms with E-state index < -0.39 is 53.6 Å². The summed E-state index contributed by atoms with van der Waals surface area (Å²) in [4.78, 5) is 25.1. The number of alkyl halides is 4. The Morgan fingerprint density at radius 1 is 1.00 bits per heavy atom. The third-order valence-electron chi connectivity index (χ3n) is 6.62. The zero-order valence-electron chi connectivity index (χ0n) is 20.8. The van der Waals surface area contributed by atoms with Crippen LogP contribution < -0.4 is 11.5 Å². The van der Waals surface area contributed by atoms with E-state index in [1.807, 2.05) is 6.07 Å². The number of benzene rings is 2. The molecule has 1 fully saturated rings. The van der Waals surface area contributed by atoms with Crippen LogP contribution in [0, 0.1) is 11.3 Å². The number of carbonyl (C=O) groups is 2. The van der Waals surface area contributed by atoms with Gasteiger partial charge < -0.3 is 16.4 Å². The van der Waals surface area contributed by atoms with Gasteiger partial charge in [-0.1, -0.05) is 48.5 Å². The molecule has 0 aromatic heterocycles. The highest BCUT2D eigenvalue weighted by atomic mass is 19.4. The largest absolute Gasteiger partial charge is 0.413 e. The van der Waals surface area contributed by atoms with Gasteiger partial charge in [0.2, 0.25) is 11.8 Å². The molecule has 3 rings (SSSR count). The summed E-state index contributed by atoms with van der Waals surface area (Å²) in [6, 6.07) is 10.3. The summed E-state index contributed by atoms with van der Waals surface area (Å²) in [5.41, 5.74) is 9.43. The van der Waals surface area contributed by atoms with Gasteiger partial charge in [-0.3, -0.25) is 9.59 Å². The fourth-order valence-corrected chi connectivity index (χ4v) is 4.37. The molecule has 10 heteroatoms. The molecule has 3 atom stereocenters. The molecule has 1 aliphatic rings. The third-order valence-corrected chi connectivity index (χ3v) is 6.62. The molecule has 6 nitrogen and oxygen atoms in total. The number of rotatable bonds is 9. The molecular weight excluding hydrogens is 488 g/mol. The second kappa shape index (κ2) is 10.1. The van der Waals surface area contributed by atoms with Gasteiger partial charge in [-0.25, -0.2) is 4.39 Å². The van der Waals surface area contributed by atoms with Crippen LogP contribution >= 0.6 is 0 Å². The molecule has 0 unspecified atom stereocenters. The number of halogens is 4. The van der Waals surface area contributed by atoms with E-state index in [1.165, 1.54) is 38.1 Å². The number of nitriles is 1. The van der Waals surface area contributed by atoms with Crippen molar-refractivity contribution in [2.24, 2.45) is 11.5 Å². The summed E-state index contributed by atoms with van der Waals surface area (Å²) in [6.45, 7) is 4.04. The van der Waals surface area contributed by atoms with Gasteiger partial charge in [0.15, 0.2) is 6.04 Å². The molecule has 0 saturated heterocycles. The highest BCUT2D eigenvalue weighted by molar-refractivity contribution is 5.84. The first-order valence-electron chi connectivity index (χ1n) is 11.8. The lowest BCUT2D eigenvalue weighted by molar-refractivity contribution is -0.198. The molecule has 2 amide bonds. The monoisotopic (exact) mass is 518 g/mol. The molecule has 2 aromatic carbocycles. The minimum absolute atomic E-state index is 0.0711. The van der Waals surface area contributed by atoms with E-state index in [-0.39, 0.29) is 18.4 Å². The summed E-state index contributed by atoms with van der Waals surface area (Å²) < 4.78 is 57.6. The molecule has 4 N–H and O–H groups in total. The van der Waals surface area contributed by atoms with Crippen molar-refractivity contribution in [3.8, 4) is 17.2 Å². The van der Waals surface area contributed by atoms with Crippen molar-refractivity contribution in [3.63, 3.8) is 0 Å². The van der Waals surface area contributed by atoms with Crippen LogP contribution in [0.4, 0.5) is 17.6 Å². The summed E-state index contributed by atoms with van der Waals surface area (Å²) in [6.07, 6.45) is -5.26. The second-order valence-corrected chi connectivity index (χ2v) is 10.2. The van der Waals surface area contributed by atoms with Crippen LogP contribution in [0.15, 0.2) is 48.5 Å². The molecule has 37 heavy (non-hydrogen) atoms. The predicted molar refractivity (Wildman–Crippen MR) is 130 cm³/mol. The number of hydrogen-bond donors (Lipinski definition) is 2. The average Bonchev–Trinajstić information content (AvgIpc) is 3.61. The van der Waals surface area contributed by atoms with Crippen LogP contribution in [-0.2, 0) is 9.59 Å². The van der Waals surface area contributed by atoms with E-state index in [1.54, 1.807) is 31.2 Å². The van der Waals surface area contributed by atoms with Gasteiger partial charge in [0, 0.05) is 6.42 Å². The fourth-order valence-electron chi connectivity index (χ4n) is 4.37. The lowest BCUT2D eigenvalue weighted by atomic mass is 9.94. The van der Waals surface area contributed by atoms with Crippen LogP contribution in [0.3, 0.4) is 0 Å². The summed E-state index contributed by atoms with van der Waals surface area (Å²) in [5, 5.41) is 9.69. The summed E-state index contributed by atoms with van der Waals surface area (Å²) >= 11 is 0. The molecule has 1 aliphatic carbocycles. The number of nitrogens with zero attached hydrogens (tertiary/aromatic N) is 2. The van der Waals surface area contributed by atoms with Crippen molar-refractivity contribution in [1.82, 2.24) is 4.90 Å². The maximum Gasteiger partial charge on any atom is 0.413 e. The number of primary amides is 1. The Balaban J connectivity index is 1.98. The molecule has 0 bridgehead atoms. The van der Waals surface area contributed by atoms with Crippen LogP contribution in [0.5, 0.6) is 0 Å². The molecule has 198 valence electrons. The smallest absolute Gasteiger partial charge is 0.369 e. The number of hydrogen-bond acceptors (Lipinski definition) is 4. The first-order valence-corrected chi connectivity index (χ1v) is 11.8. The van der Waals surface area contributed by atoms with Crippen molar-refractivity contribution in [2.75, 3.05) is 0 Å². The molecule has 1 saturated carbocycles. The second-order valence-electron chi connectivity index (χ2n) is 10.2. The Morgan fingerprint density at radius 3 is 1.81 bits per heavy atom. The van der Waals surface area contributed by atoms with Crippen molar-refractivity contribution in [1.29, 1.82) is 5.26 Å². The SMILES string of the molecule is C[C@@H](C(N)=O)c1ccc(-c2ccc([C@H](N(C(=O)[C@@H](N)CC(C)(C)F)C3(C#N)CC3)C(F)(F)F)cc2)cc1. The van der Waals surface area contributed by atoms with E-state index in [0.717, 1.165) is 0 Å². The highest BCUT2D eigenvalue weighted by Gasteiger charge is 2.60. The summed E-state index contributed by atoms with van der Waals surface area (Å²) in [5.74, 6) is -2.08. The van der Waals surface area contributed by atoms with Crippen molar-refractivity contribution in [2.45, 2.75) is 75.4 Å². The zero-order valence-corrected chi connectivity index (χ0v) is 20.8. The maximum absolute atomic E-state index is 14.5. The molecular formula is C27H30F4N4O2. The Morgan fingerprint density at radius 2 is 1.46 bits per heavy atom. The van der Waals surface area contributed by atoms with Crippen molar-refractivity contribution >= 4 is 11.8 Å². The molecule has 0 radical (unpaired) electrons. The van der Waals surface area contributed by atoms with Crippen LogP contribution in [0.1, 0.15) is 63.1 Å². The quantitative estimate of drug-likeness (QED) is 0.460. The van der Waals surface area contributed by atoms with Crippen LogP contribution in [0.25, 0.3) is 11.1 Å². The van der Waals surface area contributed by atoms with Crippen molar-refractivity contribution < 1.29 is 27.2 Å². The van der Waals surface area contributed by atoms with Crippen molar-refractivity contribution in [3.05, 3.63) is 59.7 Å². The maximum atomic E-state index is 14.5. The van der Waals surface area contributed by atoms with E-state index in [0.29, 0.717) is 21.6 Å². The lowest BCUT2D eigenvalue weighted by Gasteiger charge is -2.38. The molecule has 0 heterocycles. The lowest BCUT2D eigenvalue weighted by Crippen LogP contribution is -2.55. The van der Waals surface area contributed by atoms with Gasteiger partial charge in [0.05, 0.1) is 18.0 Å². The topological polar surface area (TPSA) is 113 Å². The number of amides is 2. The Kier molecular flexibility index (Phi) is 7.70. The van der Waals surface area contributed by atoms with E-state index in [9.17, 15) is 32.4 Å². The minimum atomic E-state index is -4.92. The number of nitrogens with two attached hydrogens (primary N) is 2. The Bertz CT molecular complexity index is 1180. The molecule has 2 aromatic rings. The minimum Gasteiger partial charge on any atom is -0.369 e. The van der Waals surface area contributed by atoms with Gasteiger partial charge in [0.25, 0.3) is 0 Å². The van der Waals surface area contributed by atoms with Gasteiger partial charge in [-0.05, 0) is 55.9 Å². The molecule has 0 spiro atoms. The van der Waals surface area contributed by atoms with E-state index in [2.05, 4.69) is 0 Å². The fraction of sp³-hybridized carbons (Fsp3) is 0.444. The summed E-state index contributed by atoms with van der Waals surface area (Å²) in [7, 11) is 0. The highest BCUT2D eigenvalue weighted by Crippen LogP contribution is 2.50. The normalized spacial score (nSPS) is 17.3. The average molecular weight is 519 g/mol. The third kappa shape index (κ3) is 6.28. The number of carbonyl (C=O) groups excluding carboxylic acids is 2. The van der Waals surface area contributed by atoms with Gasteiger partial charge in [-0.15, -0.1) is 0 Å². The van der Waals surface area contributed by atoms with Gasteiger partial charge >= 0.3 is 6.18 Å².